The summed E-state index contributed by atoms with van der Waals surface area (Å²) in [5.41, 5.74) is 2.35. The van der Waals surface area contributed by atoms with Gasteiger partial charge in [-0.05, 0) is 42.0 Å². The topological polar surface area (TPSA) is 27.7 Å². The molecule has 2 unspecified atom stereocenters. The third-order valence-corrected chi connectivity index (χ3v) is 4.26. The van der Waals surface area contributed by atoms with Crippen molar-refractivity contribution in [2.45, 2.75) is 44.1 Å². The molecule has 20 heavy (non-hydrogen) atoms. The summed E-state index contributed by atoms with van der Waals surface area (Å²) in [4.78, 5) is 0. The molecule has 1 aromatic carbocycles. The van der Waals surface area contributed by atoms with Gasteiger partial charge in [-0.25, -0.2) is 0 Å². The Bertz CT molecular complexity index is 483. The monoisotopic (exact) mass is 298 g/mol. The Morgan fingerprint density at radius 1 is 1.25 bits per heavy atom. The highest BCUT2D eigenvalue weighted by Gasteiger charge is 2.34. The van der Waals surface area contributed by atoms with Gasteiger partial charge in [0.05, 0.1) is 25.7 Å². The molecular formula is C16H23ClO3. The van der Waals surface area contributed by atoms with Crippen molar-refractivity contribution in [1.29, 1.82) is 0 Å². The van der Waals surface area contributed by atoms with Gasteiger partial charge in [0.15, 0.2) is 11.5 Å². The largest absolute Gasteiger partial charge is 0.493 e. The second-order valence-corrected chi connectivity index (χ2v) is 6.59. The van der Waals surface area contributed by atoms with Gasteiger partial charge in [-0.15, -0.1) is 11.6 Å². The highest BCUT2D eigenvalue weighted by molar-refractivity contribution is 6.20. The number of rotatable bonds is 3. The lowest BCUT2D eigenvalue weighted by Gasteiger charge is -2.27. The van der Waals surface area contributed by atoms with Gasteiger partial charge in [-0.2, -0.15) is 0 Å². The van der Waals surface area contributed by atoms with E-state index < -0.39 is 0 Å². The van der Waals surface area contributed by atoms with Gasteiger partial charge in [0.25, 0.3) is 0 Å². The van der Waals surface area contributed by atoms with Crippen LogP contribution in [-0.4, -0.2) is 26.2 Å². The van der Waals surface area contributed by atoms with Crippen LogP contribution in [0.3, 0.4) is 0 Å². The number of ether oxygens (including phenoxy) is 3. The first kappa shape index (κ1) is 15.5. The fraction of sp³-hybridized carbons (Fsp3) is 0.625. The zero-order valence-electron chi connectivity index (χ0n) is 12.8. The molecule has 0 fully saturated rings. The quantitative estimate of drug-likeness (QED) is 0.787. The van der Waals surface area contributed by atoms with E-state index in [-0.39, 0.29) is 16.9 Å². The highest BCUT2D eigenvalue weighted by Crippen LogP contribution is 2.44. The van der Waals surface area contributed by atoms with Crippen molar-refractivity contribution < 1.29 is 14.2 Å². The summed E-state index contributed by atoms with van der Waals surface area (Å²) < 4.78 is 16.8. The summed E-state index contributed by atoms with van der Waals surface area (Å²) in [6.45, 7) is 7.11. The summed E-state index contributed by atoms with van der Waals surface area (Å²) in [7, 11) is 3.30. The second-order valence-electron chi connectivity index (χ2n) is 5.90. The fourth-order valence-electron chi connectivity index (χ4n) is 2.76. The van der Waals surface area contributed by atoms with Gasteiger partial charge in [0.1, 0.15) is 0 Å². The predicted molar refractivity (Wildman–Crippen MR) is 81.2 cm³/mol. The van der Waals surface area contributed by atoms with Crippen molar-refractivity contribution >= 4 is 11.6 Å². The number of benzene rings is 1. The Morgan fingerprint density at radius 3 is 2.40 bits per heavy atom. The summed E-state index contributed by atoms with van der Waals surface area (Å²) in [6.07, 6.45) is 0.837. The molecule has 0 amide bonds. The van der Waals surface area contributed by atoms with E-state index in [0.717, 1.165) is 23.5 Å². The van der Waals surface area contributed by atoms with E-state index in [1.807, 2.05) is 13.0 Å². The molecule has 0 aliphatic carbocycles. The highest BCUT2D eigenvalue weighted by atomic mass is 35.5. The van der Waals surface area contributed by atoms with Crippen LogP contribution >= 0.6 is 11.6 Å². The van der Waals surface area contributed by atoms with Crippen molar-refractivity contribution in [2.24, 2.45) is 0 Å². The lowest BCUT2D eigenvalue weighted by Crippen LogP contribution is -2.19. The van der Waals surface area contributed by atoms with Gasteiger partial charge in [0.2, 0.25) is 0 Å². The Labute approximate surface area is 126 Å². The molecule has 1 heterocycles. The van der Waals surface area contributed by atoms with Crippen LogP contribution in [0.5, 0.6) is 11.5 Å². The molecule has 0 bridgehead atoms. The molecule has 1 aromatic rings. The summed E-state index contributed by atoms with van der Waals surface area (Å²) >= 11 is 6.32. The standard InChI is InChI=1S/C16H23ClO3/c1-10(17)15-11-8-13(18-4)14(19-5)9-12(11)16(2,3)6-7-20-15/h8-10,15H,6-7H2,1-5H3. The lowest BCUT2D eigenvalue weighted by molar-refractivity contribution is 0.0516. The molecular weight excluding hydrogens is 276 g/mol. The van der Waals surface area contributed by atoms with Crippen LogP contribution in [0.25, 0.3) is 0 Å². The molecule has 2 rings (SSSR count). The van der Waals surface area contributed by atoms with Crippen molar-refractivity contribution in [3.05, 3.63) is 23.3 Å². The molecule has 0 N–H and O–H groups in total. The average Bonchev–Trinajstić information content (AvgIpc) is 2.53. The molecule has 4 heteroatoms. The minimum absolute atomic E-state index is 0.0232. The first-order chi connectivity index (χ1) is 9.40. The van der Waals surface area contributed by atoms with E-state index >= 15 is 0 Å². The minimum Gasteiger partial charge on any atom is -0.493 e. The average molecular weight is 299 g/mol. The van der Waals surface area contributed by atoms with Gasteiger partial charge in [-0.3, -0.25) is 0 Å². The molecule has 0 radical (unpaired) electrons. The number of hydrogen-bond acceptors (Lipinski definition) is 3. The summed E-state index contributed by atoms with van der Waals surface area (Å²) in [6, 6.07) is 4.07. The zero-order valence-corrected chi connectivity index (χ0v) is 13.6. The van der Waals surface area contributed by atoms with Gasteiger partial charge in [0, 0.05) is 6.61 Å². The Kier molecular flexibility index (Phi) is 4.50. The normalized spacial score (nSPS) is 22.6. The number of hydrogen-bond donors (Lipinski definition) is 0. The van der Waals surface area contributed by atoms with Crippen LogP contribution in [0.4, 0.5) is 0 Å². The Morgan fingerprint density at radius 2 is 1.85 bits per heavy atom. The molecule has 112 valence electrons. The second kappa shape index (κ2) is 5.82. The summed E-state index contributed by atoms with van der Waals surface area (Å²) in [5.74, 6) is 1.47. The van der Waals surface area contributed by atoms with E-state index in [4.69, 9.17) is 25.8 Å². The minimum atomic E-state index is -0.117. The van der Waals surface area contributed by atoms with E-state index in [1.54, 1.807) is 14.2 Å². The van der Waals surface area contributed by atoms with Crippen molar-refractivity contribution in [3.8, 4) is 11.5 Å². The van der Waals surface area contributed by atoms with Crippen LogP contribution in [0.2, 0.25) is 0 Å². The number of fused-ring (bicyclic) bond motifs is 1. The van der Waals surface area contributed by atoms with E-state index in [9.17, 15) is 0 Å². The first-order valence-corrected chi connectivity index (χ1v) is 7.36. The maximum atomic E-state index is 6.32. The van der Waals surface area contributed by atoms with Gasteiger partial charge < -0.3 is 14.2 Å². The molecule has 2 atom stereocenters. The van der Waals surface area contributed by atoms with E-state index in [2.05, 4.69) is 19.9 Å². The molecule has 3 nitrogen and oxygen atoms in total. The lowest BCUT2D eigenvalue weighted by atomic mass is 9.78. The van der Waals surface area contributed by atoms with Crippen LogP contribution < -0.4 is 9.47 Å². The van der Waals surface area contributed by atoms with Crippen LogP contribution in [0, 0.1) is 0 Å². The van der Waals surface area contributed by atoms with Gasteiger partial charge >= 0.3 is 0 Å². The molecule has 0 saturated heterocycles. The van der Waals surface area contributed by atoms with Crippen LogP contribution in [-0.2, 0) is 10.2 Å². The summed E-state index contributed by atoms with van der Waals surface area (Å²) in [5, 5.41) is -0.0965. The van der Waals surface area contributed by atoms with Gasteiger partial charge in [-0.1, -0.05) is 13.8 Å². The van der Waals surface area contributed by atoms with Crippen molar-refractivity contribution in [3.63, 3.8) is 0 Å². The maximum Gasteiger partial charge on any atom is 0.161 e. The third kappa shape index (κ3) is 2.75. The number of methoxy groups -OCH3 is 2. The van der Waals surface area contributed by atoms with Crippen LogP contribution in [0.15, 0.2) is 12.1 Å². The zero-order chi connectivity index (χ0) is 14.9. The SMILES string of the molecule is COc1cc2c(cc1OC)C(C)(C)CCOC2C(C)Cl. The van der Waals surface area contributed by atoms with E-state index in [0.29, 0.717) is 6.61 Å². The third-order valence-electron chi connectivity index (χ3n) is 4.03. The first-order valence-electron chi connectivity index (χ1n) is 6.92. The molecule has 0 saturated carbocycles. The number of halogens is 1. The fourth-order valence-corrected chi connectivity index (χ4v) is 2.97. The van der Waals surface area contributed by atoms with Crippen molar-refractivity contribution in [2.75, 3.05) is 20.8 Å². The molecule has 0 spiro atoms. The number of alkyl halides is 1. The Balaban J connectivity index is 2.64. The van der Waals surface area contributed by atoms with Crippen LogP contribution in [0.1, 0.15) is 44.4 Å². The predicted octanol–water partition coefficient (Wildman–Crippen LogP) is 4.07. The molecule has 1 aliphatic rings. The smallest absolute Gasteiger partial charge is 0.161 e. The molecule has 1 aliphatic heterocycles. The van der Waals surface area contributed by atoms with E-state index in [1.165, 1.54) is 5.56 Å². The maximum absolute atomic E-state index is 6.32. The molecule has 0 aromatic heterocycles. The Hall–Kier alpha value is -0.930. The van der Waals surface area contributed by atoms with Crippen molar-refractivity contribution in [1.82, 2.24) is 0 Å².